The normalized spacial score (nSPS) is 21.5. The number of rotatable bonds is 18. The van der Waals surface area contributed by atoms with E-state index in [1.807, 2.05) is 20.8 Å². The number of nitrogens with one attached hydrogen (secondary N) is 3. The minimum absolute atomic E-state index is 0.0526. The fourth-order valence-corrected chi connectivity index (χ4v) is 5.85. The van der Waals surface area contributed by atoms with Gasteiger partial charge in [0, 0.05) is 43.9 Å². The van der Waals surface area contributed by atoms with E-state index in [1.54, 1.807) is 0 Å². The van der Waals surface area contributed by atoms with E-state index in [0.717, 1.165) is 55.6 Å². The highest BCUT2D eigenvalue weighted by Gasteiger charge is 2.65. The molecule has 2 atom stereocenters. The van der Waals surface area contributed by atoms with Crippen molar-refractivity contribution in [2.24, 2.45) is 5.92 Å². The van der Waals surface area contributed by atoms with Gasteiger partial charge in [-0.2, -0.15) is 0 Å². The smallest absolute Gasteiger partial charge is 0.333 e. The summed E-state index contributed by atoms with van der Waals surface area (Å²) in [6.45, 7) is 5.75. The number of imide groups is 1. The lowest BCUT2D eigenvalue weighted by Gasteiger charge is -2.56. The number of carbonyl (C=O) groups excluding carboxylic acids is 5. The molecule has 0 spiro atoms. The van der Waals surface area contributed by atoms with Crippen molar-refractivity contribution in [3.63, 3.8) is 0 Å². The Hall–Kier alpha value is -3.24. The van der Waals surface area contributed by atoms with Crippen molar-refractivity contribution in [3.05, 3.63) is 12.2 Å². The molecule has 1 fully saturated rings. The summed E-state index contributed by atoms with van der Waals surface area (Å²) in [5.74, 6) is -4.82. The lowest BCUT2D eigenvalue weighted by atomic mass is 9.65. The molecular weight excluding hydrogens is 528 g/mol. The van der Waals surface area contributed by atoms with E-state index in [1.165, 1.54) is 0 Å². The number of hydrogen-bond donors (Lipinski definition) is 4. The zero-order valence-electron chi connectivity index (χ0n) is 24.9. The van der Waals surface area contributed by atoms with Crippen molar-refractivity contribution in [1.29, 1.82) is 0 Å². The molecule has 2 aliphatic rings. The van der Waals surface area contributed by atoms with Crippen LogP contribution in [-0.2, 0) is 28.8 Å². The molecule has 1 aliphatic heterocycles. The predicted octanol–water partition coefficient (Wildman–Crippen LogP) is 3.32. The molecule has 0 radical (unpaired) electrons. The molecule has 5 amide bonds. The lowest BCUT2D eigenvalue weighted by Crippen LogP contribution is -2.85. The van der Waals surface area contributed by atoms with E-state index in [4.69, 9.17) is 0 Å². The summed E-state index contributed by atoms with van der Waals surface area (Å²) in [5.41, 5.74) is -4.08. The summed E-state index contributed by atoms with van der Waals surface area (Å²) in [6, 6.07) is 0. The van der Waals surface area contributed by atoms with E-state index in [-0.39, 0.29) is 32.2 Å². The predicted molar refractivity (Wildman–Crippen MR) is 153 cm³/mol. The maximum atomic E-state index is 13.4. The molecule has 230 valence electrons. The summed E-state index contributed by atoms with van der Waals surface area (Å²) in [7, 11) is 0. The van der Waals surface area contributed by atoms with E-state index >= 15 is 0 Å². The molecule has 2 rings (SSSR count). The van der Waals surface area contributed by atoms with Crippen LogP contribution in [0.2, 0.25) is 0 Å². The van der Waals surface area contributed by atoms with Crippen LogP contribution in [0.5, 0.6) is 0 Å². The summed E-state index contributed by atoms with van der Waals surface area (Å²) < 4.78 is 0. The molecule has 2 unspecified atom stereocenters. The number of carboxylic acid groups (broad SMARTS) is 1. The van der Waals surface area contributed by atoms with Crippen molar-refractivity contribution < 1.29 is 33.9 Å². The summed E-state index contributed by atoms with van der Waals surface area (Å²) in [6.07, 6.45) is 9.79. The zero-order chi connectivity index (χ0) is 30.5. The lowest BCUT2D eigenvalue weighted by molar-refractivity contribution is -0.163. The first-order valence-corrected chi connectivity index (χ1v) is 15.3. The third kappa shape index (κ3) is 8.63. The van der Waals surface area contributed by atoms with E-state index < -0.39 is 52.6 Å². The standard InChI is InChI=1S/C30H48N4O7/c1-4-7-10-15-23(35)31-29(28(40)41)20-13-14-22(21-34-26(38)18-19-27(34)39)30(29,32-24(36)16-11-8-5-2)33-25(37)17-12-9-6-3/h18-19,22H,4-17,20-21H2,1-3H3,(H,31,35)(H,32,36)(H,33,37)(H,40,41). The van der Waals surface area contributed by atoms with Crippen LogP contribution in [0, 0.1) is 5.92 Å². The third-order valence-corrected chi connectivity index (χ3v) is 8.11. The number of hydrogen-bond acceptors (Lipinski definition) is 6. The van der Waals surface area contributed by atoms with Crippen molar-refractivity contribution in [1.82, 2.24) is 20.9 Å². The van der Waals surface area contributed by atoms with Crippen LogP contribution in [0.4, 0.5) is 0 Å². The molecule has 0 aromatic rings. The number of aliphatic carboxylic acids is 1. The topological polar surface area (TPSA) is 162 Å². The highest BCUT2D eigenvalue weighted by molar-refractivity contribution is 6.12. The molecule has 1 heterocycles. The van der Waals surface area contributed by atoms with Crippen LogP contribution in [0.3, 0.4) is 0 Å². The third-order valence-electron chi connectivity index (χ3n) is 8.11. The van der Waals surface area contributed by atoms with Crippen molar-refractivity contribution >= 4 is 35.5 Å². The average molecular weight is 577 g/mol. The van der Waals surface area contributed by atoms with Crippen LogP contribution in [0.15, 0.2) is 12.2 Å². The van der Waals surface area contributed by atoms with Gasteiger partial charge in [0.2, 0.25) is 17.7 Å². The minimum atomic E-state index is -2.10. The Labute approximate surface area is 243 Å². The number of carboxylic acids is 1. The van der Waals surface area contributed by atoms with Crippen molar-refractivity contribution in [2.45, 2.75) is 128 Å². The Balaban J connectivity index is 2.63. The van der Waals surface area contributed by atoms with E-state index in [9.17, 15) is 33.9 Å². The van der Waals surface area contributed by atoms with E-state index in [0.29, 0.717) is 32.1 Å². The Kier molecular flexibility index (Phi) is 13.5. The van der Waals surface area contributed by atoms with Crippen LogP contribution >= 0.6 is 0 Å². The van der Waals surface area contributed by atoms with Gasteiger partial charge in [-0.1, -0.05) is 59.3 Å². The first kappa shape index (κ1) is 34.0. The quantitative estimate of drug-likeness (QED) is 0.111. The van der Waals surface area contributed by atoms with Gasteiger partial charge in [0.1, 0.15) is 0 Å². The molecule has 11 heteroatoms. The summed E-state index contributed by atoms with van der Waals surface area (Å²) >= 11 is 0. The van der Waals surface area contributed by atoms with Gasteiger partial charge >= 0.3 is 5.97 Å². The first-order chi connectivity index (χ1) is 19.6. The Bertz CT molecular complexity index is 953. The van der Waals surface area contributed by atoms with Gasteiger partial charge in [-0.05, 0) is 38.5 Å². The number of nitrogens with zero attached hydrogens (tertiary/aromatic N) is 1. The van der Waals surface area contributed by atoms with Gasteiger partial charge in [0.25, 0.3) is 11.8 Å². The van der Waals surface area contributed by atoms with Gasteiger partial charge in [-0.3, -0.25) is 28.9 Å². The molecular formula is C30H48N4O7. The van der Waals surface area contributed by atoms with Gasteiger partial charge < -0.3 is 21.1 Å². The molecule has 0 saturated heterocycles. The molecule has 1 aliphatic carbocycles. The van der Waals surface area contributed by atoms with E-state index in [2.05, 4.69) is 16.0 Å². The Morgan fingerprint density at radius 3 is 1.63 bits per heavy atom. The molecule has 11 nitrogen and oxygen atoms in total. The first-order valence-electron chi connectivity index (χ1n) is 15.3. The number of amides is 5. The number of unbranched alkanes of at least 4 members (excludes halogenated alkanes) is 6. The fraction of sp³-hybridized carbons (Fsp3) is 0.733. The monoisotopic (exact) mass is 576 g/mol. The highest BCUT2D eigenvalue weighted by atomic mass is 16.4. The van der Waals surface area contributed by atoms with Crippen molar-refractivity contribution in [2.75, 3.05) is 6.54 Å². The maximum Gasteiger partial charge on any atom is 0.333 e. The van der Waals surface area contributed by atoms with Crippen LogP contribution in [0.25, 0.3) is 0 Å². The van der Waals surface area contributed by atoms with Gasteiger partial charge in [-0.15, -0.1) is 0 Å². The second-order valence-electron chi connectivity index (χ2n) is 11.2. The van der Waals surface area contributed by atoms with Crippen LogP contribution in [-0.4, -0.2) is 63.3 Å². The van der Waals surface area contributed by atoms with Gasteiger partial charge in [0.15, 0.2) is 11.2 Å². The second-order valence-corrected chi connectivity index (χ2v) is 11.2. The minimum Gasteiger partial charge on any atom is -0.479 e. The SMILES string of the molecule is CCCCCC(=O)NC1(C(=O)O)CCCC(CN2C(=O)C=CC2=O)C1(NC(=O)CCCCC)NC(=O)CCCCC. The number of carbonyl (C=O) groups is 6. The summed E-state index contributed by atoms with van der Waals surface area (Å²) in [5, 5.41) is 19.3. The highest BCUT2D eigenvalue weighted by Crippen LogP contribution is 2.42. The molecule has 0 aromatic carbocycles. The van der Waals surface area contributed by atoms with Crippen LogP contribution in [0.1, 0.15) is 117 Å². The zero-order valence-corrected chi connectivity index (χ0v) is 24.9. The second kappa shape index (κ2) is 16.3. The van der Waals surface area contributed by atoms with Gasteiger partial charge in [-0.25, -0.2) is 4.79 Å². The largest absolute Gasteiger partial charge is 0.479 e. The molecule has 4 N–H and O–H groups in total. The molecule has 0 aromatic heterocycles. The fourth-order valence-electron chi connectivity index (χ4n) is 5.85. The van der Waals surface area contributed by atoms with Gasteiger partial charge in [0.05, 0.1) is 0 Å². The Morgan fingerprint density at radius 1 is 0.780 bits per heavy atom. The maximum absolute atomic E-state index is 13.4. The molecule has 1 saturated carbocycles. The molecule has 41 heavy (non-hydrogen) atoms. The van der Waals surface area contributed by atoms with Crippen LogP contribution < -0.4 is 16.0 Å². The van der Waals surface area contributed by atoms with Crippen molar-refractivity contribution in [3.8, 4) is 0 Å². The summed E-state index contributed by atoms with van der Waals surface area (Å²) in [4.78, 5) is 79.4. The average Bonchev–Trinajstić information content (AvgIpc) is 3.23. The molecule has 0 bridgehead atoms. The Morgan fingerprint density at radius 2 is 1.22 bits per heavy atom.